The van der Waals surface area contributed by atoms with Crippen LogP contribution in [0.15, 0.2) is 35.9 Å². The molecule has 2 saturated heterocycles. The van der Waals surface area contributed by atoms with Crippen LogP contribution in [-0.4, -0.2) is 71.2 Å². The predicted octanol–water partition coefficient (Wildman–Crippen LogP) is 4.73. The summed E-state index contributed by atoms with van der Waals surface area (Å²) < 4.78 is 12.8. The zero-order valence-electron chi connectivity index (χ0n) is 21.3. The number of carbonyl (C=O) groups is 3. The van der Waals surface area contributed by atoms with Crippen LogP contribution < -0.4 is 5.32 Å². The van der Waals surface area contributed by atoms with E-state index >= 15 is 0 Å². The van der Waals surface area contributed by atoms with E-state index in [1.165, 1.54) is 18.4 Å². The van der Waals surface area contributed by atoms with E-state index in [9.17, 15) is 14.4 Å². The van der Waals surface area contributed by atoms with Gasteiger partial charge in [0.15, 0.2) is 0 Å². The summed E-state index contributed by atoms with van der Waals surface area (Å²) in [6.07, 6.45) is 5.94. The molecule has 4 rings (SSSR count). The third kappa shape index (κ3) is 7.00. The number of amides is 3. The molecule has 0 radical (unpaired) electrons. The average Bonchev–Trinajstić information content (AvgIpc) is 3.24. The van der Waals surface area contributed by atoms with Gasteiger partial charge in [-0.2, -0.15) is 0 Å². The maximum atomic E-state index is 13.5. The van der Waals surface area contributed by atoms with E-state index in [1.54, 1.807) is 4.90 Å². The summed E-state index contributed by atoms with van der Waals surface area (Å²) >= 11 is 2.21. The lowest BCUT2D eigenvalue weighted by molar-refractivity contribution is -0.168. The van der Waals surface area contributed by atoms with Gasteiger partial charge in [0.25, 0.3) is 5.91 Å². The molecule has 0 saturated carbocycles. The molecule has 36 heavy (non-hydrogen) atoms. The minimum Gasteiger partial charge on any atom is -0.444 e. The maximum Gasteiger partial charge on any atom is 0.410 e. The molecule has 8 nitrogen and oxygen atoms in total. The third-order valence-electron chi connectivity index (χ3n) is 6.74. The predicted molar refractivity (Wildman–Crippen MR) is 146 cm³/mol. The van der Waals surface area contributed by atoms with Crippen molar-refractivity contribution in [1.29, 1.82) is 0 Å². The van der Waals surface area contributed by atoms with Crippen LogP contribution in [-0.2, 0) is 19.1 Å². The Hall–Kier alpha value is -2.14. The van der Waals surface area contributed by atoms with Gasteiger partial charge in [-0.25, -0.2) is 4.79 Å². The van der Waals surface area contributed by atoms with Crippen molar-refractivity contribution in [2.75, 3.05) is 25.0 Å². The summed E-state index contributed by atoms with van der Waals surface area (Å²) in [4.78, 5) is 42.6. The first-order valence-corrected chi connectivity index (χ1v) is 13.8. The van der Waals surface area contributed by atoms with E-state index in [2.05, 4.69) is 34.0 Å². The van der Waals surface area contributed by atoms with Crippen molar-refractivity contribution in [2.45, 2.75) is 83.1 Å². The summed E-state index contributed by atoms with van der Waals surface area (Å²) in [6.45, 7) is 6.77. The molecule has 3 unspecified atom stereocenters. The van der Waals surface area contributed by atoms with Crippen LogP contribution in [0.1, 0.15) is 59.3 Å². The largest absolute Gasteiger partial charge is 0.444 e. The minimum absolute atomic E-state index is 0.0698. The van der Waals surface area contributed by atoms with Crippen molar-refractivity contribution in [3.05, 3.63) is 39.5 Å². The lowest BCUT2D eigenvalue weighted by Crippen LogP contribution is -2.58. The molecular formula is C27H36IN3O5. The molecule has 1 N–H and O–H groups in total. The SMILES string of the molecule is CC(C)(C)OC(=O)N1CC2OC(CC(=O)Nc3ccc(I)cc3)C(=O)N(CCC3=CCCCC3)C2C1. The van der Waals surface area contributed by atoms with Crippen molar-refractivity contribution in [3.8, 4) is 0 Å². The number of halogens is 1. The van der Waals surface area contributed by atoms with Crippen molar-refractivity contribution >= 4 is 46.2 Å². The highest BCUT2D eigenvalue weighted by Gasteiger charge is 2.49. The van der Waals surface area contributed by atoms with Gasteiger partial charge in [0.2, 0.25) is 5.91 Å². The Morgan fingerprint density at radius 2 is 1.92 bits per heavy atom. The van der Waals surface area contributed by atoms with Crippen LogP contribution in [0.5, 0.6) is 0 Å². The van der Waals surface area contributed by atoms with Gasteiger partial charge in [0.05, 0.1) is 25.1 Å². The van der Waals surface area contributed by atoms with Crippen LogP contribution in [0.25, 0.3) is 0 Å². The molecule has 1 aliphatic carbocycles. The fourth-order valence-electron chi connectivity index (χ4n) is 5.00. The van der Waals surface area contributed by atoms with E-state index in [1.807, 2.05) is 49.9 Å². The second kappa shape index (κ2) is 11.5. The number of nitrogens with one attached hydrogen (secondary N) is 1. The number of likely N-dealkylation sites (tertiary alicyclic amines) is 1. The van der Waals surface area contributed by atoms with Crippen LogP contribution >= 0.6 is 22.6 Å². The lowest BCUT2D eigenvalue weighted by Gasteiger charge is -2.40. The van der Waals surface area contributed by atoms with Crippen LogP contribution in [0.3, 0.4) is 0 Å². The summed E-state index contributed by atoms with van der Waals surface area (Å²) in [7, 11) is 0. The molecule has 1 aromatic carbocycles. The van der Waals surface area contributed by atoms with Gasteiger partial charge in [-0.3, -0.25) is 9.59 Å². The highest BCUT2D eigenvalue weighted by atomic mass is 127. The van der Waals surface area contributed by atoms with Crippen molar-refractivity contribution < 1.29 is 23.9 Å². The Morgan fingerprint density at radius 1 is 1.17 bits per heavy atom. The van der Waals surface area contributed by atoms with Gasteiger partial charge in [0.1, 0.15) is 11.7 Å². The second-order valence-corrected chi connectivity index (χ2v) is 12.0. The molecule has 0 aromatic heterocycles. The van der Waals surface area contributed by atoms with Crippen molar-refractivity contribution in [1.82, 2.24) is 9.80 Å². The first kappa shape index (κ1) is 26.9. The van der Waals surface area contributed by atoms with Crippen LogP contribution in [0, 0.1) is 3.57 Å². The molecule has 196 valence electrons. The lowest BCUT2D eigenvalue weighted by atomic mass is 9.96. The first-order chi connectivity index (χ1) is 17.1. The average molecular weight is 610 g/mol. The highest BCUT2D eigenvalue weighted by Crippen LogP contribution is 2.30. The molecule has 0 bridgehead atoms. The van der Waals surface area contributed by atoms with Crippen molar-refractivity contribution in [3.63, 3.8) is 0 Å². The maximum absolute atomic E-state index is 13.5. The van der Waals surface area contributed by atoms with Gasteiger partial charge >= 0.3 is 6.09 Å². The summed E-state index contributed by atoms with van der Waals surface area (Å²) in [5.41, 5.74) is 1.46. The third-order valence-corrected chi connectivity index (χ3v) is 7.46. The molecule has 2 fully saturated rings. The number of benzene rings is 1. The number of hydrogen-bond acceptors (Lipinski definition) is 5. The number of carbonyl (C=O) groups excluding carboxylic acids is 3. The minimum atomic E-state index is -0.881. The van der Waals surface area contributed by atoms with Gasteiger partial charge in [0, 0.05) is 22.3 Å². The number of hydrogen-bond donors (Lipinski definition) is 1. The van der Waals surface area contributed by atoms with E-state index in [0.29, 0.717) is 25.3 Å². The molecule has 3 amide bonds. The number of fused-ring (bicyclic) bond motifs is 1. The highest BCUT2D eigenvalue weighted by molar-refractivity contribution is 14.1. The van der Waals surface area contributed by atoms with Gasteiger partial charge in [-0.05, 0) is 99.7 Å². The van der Waals surface area contributed by atoms with E-state index in [0.717, 1.165) is 22.8 Å². The number of allylic oxidation sites excluding steroid dienone is 1. The van der Waals surface area contributed by atoms with Gasteiger partial charge in [-0.15, -0.1) is 0 Å². The molecule has 2 heterocycles. The number of morpholine rings is 1. The normalized spacial score (nSPS) is 24.3. The molecule has 9 heteroatoms. The topological polar surface area (TPSA) is 88.2 Å². The first-order valence-electron chi connectivity index (χ1n) is 12.8. The Labute approximate surface area is 226 Å². The fourth-order valence-corrected chi connectivity index (χ4v) is 5.36. The Bertz CT molecular complexity index is 1000. The standard InChI is InChI=1S/C27H36IN3O5/c1-27(2,3)36-26(34)30-16-21-23(17-30)35-22(15-24(32)29-20-11-9-19(28)10-12-20)25(33)31(21)14-13-18-7-5-4-6-8-18/h7,9-12,21-23H,4-6,8,13-17H2,1-3H3,(H,29,32). The van der Waals surface area contributed by atoms with Gasteiger partial charge < -0.3 is 24.6 Å². The summed E-state index contributed by atoms with van der Waals surface area (Å²) in [5.74, 6) is -0.457. The summed E-state index contributed by atoms with van der Waals surface area (Å²) in [5, 5.41) is 2.86. The smallest absolute Gasteiger partial charge is 0.410 e. The summed E-state index contributed by atoms with van der Waals surface area (Å²) in [6, 6.07) is 7.24. The number of ether oxygens (including phenoxy) is 2. The molecule has 3 atom stereocenters. The molecule has 3 aliphatic rings. The number of rotatable bonds is 6. The van der Waals surface area contributed by atoms with Crippen LogP contribution in [0.4, 0.5) is 10.5 Å². The molecule has 0 spiro atoms. The second-order valence-electron chi connectivity index (χ2n) is 10.8. The molecular weight excluding hydrogens is 573 g/mol. The van der Waals surface area contributed by atoms with Crippen LogP contribution in [0.2, 0.25) is 0 Å². The van der Waals surface area contributed by atoms with Crippen molar-refractivity contribution in [2.24, 2.45) is 0 Å². The van der Waals surface area contributed by atoms with E-state index < -0.39 is 17.8 Å². The van der Waals surface area contributed by atoms with E-state index in [4.69, 9.17) is 9.47 Å². The quantitative estimate of drug-likeness (QED) is 0.373. The number of nitrogens with zero attached hydrogens (tertiary/aromatic N) is 2. The van der Waals surface area contributed by atoms with E-state index in [-0.39, 0.29) is 30.4 Å². The Balaban J connectivity index is 1.46. The monoisotopic (exact) mass is 609 g/mol. The van der Waals surface area contributed by atoms with Gasteiger partial charge in [-0.1, -0.05) is 11.6 Å². The molecule has 1 aromatic rings. The fraction of sp³-hybridized carbons (Fsp3) is 0.593. The zero-order valence-corrected chi connectivity index (χ0v) is 23.5. The number of anilines is 1. The Morgan fingerprint density at radius 3 is 2.58 bits per heavy atom. The molecule has 2 aliphatic heterocycles. The Kier molecular flexibility index (Phi) is 8.59. The zero-order chi connectivity index (χ0) is 25.9.